The predicted molar refractivity (Wildman–Crippen MR) is 78.7 cm³/mol. The van der Waals surface area contributed by atoms with Crippen molar-refractivity contribution < 1.29 is 24.2 Å². The summed E-state index contributed by atoms with van der Waals surface area (Å²) in [7, 11) is 0. The van der Waals surface area contributed by atoms with Gasteiger partial charge in [0.2, 0.25) is 5.91 Å². The van der Waals surface area contributed by atoms with Crippen molar-refractivity contribution in [2.75, 3.05) is 13.2 Å². The minimum atomic E-state index is -1.01. The molecule has 126 valence electrons. The average molecular weight is 315 g/mol. The zero-order valence-corrected chi connectivity index (χ0v) is 12.8. The number of unbranched alkanes of at least 4 members (excludes halogenated alkanes) is 1. The molecule has 0 aromatic rings. The molecule has 3 atom stereocenters. The van der Waals surface area contributed by atoms with E-state index < -0.39 is 24.1 Å². The van der Waals surface area contributed by atoms with Crippen molar-refractivity contribution in [2.45, 2.75) is 51.2 Å². The minimum Gasteiger partial charge on any atom is -0.436 e. The molecule has 1 saturated heterocycles. The second-order valence-electron chi connectivity index (χ2n) is 5.47. The minimum absolute atomic E-state index is 0.0661. The monoisotopic (exact) mass is 315 g/mol. The summed E-state index contributed by atoms with van der Waals surface area (Å²) >= 11 is 0. The van der Waals surface area contributed by atoms with E-state index in [0.717, 1.165) is 6.42 Å². The number of amides is 3. The molecule has 8 heteroatoms. The van der Waals surface area contributed by atoms with Crippen LogP contribution in [-0.4, -0.2) is 48.3 Å². The van der Waals surface area contributed by atoms with Gasteiger partial charge in [0.15, 0.2) is 6.10 Å². The van der Waals surface area contributed by atoms with Gasteiger partial charge >= 0.3 is 6.09 Å². The van der Waals surface area contributed by atoms with Crippen LogP contribution in [-0.2, 0) is 14.3 Å². The molecule has 5 N–H and O–H groups in total. The lowest BCUT2D eigenvalue weighted by Gasteiger charge is -2.22. The van der Waals surface area contributed by atoms with Crippen LogP contribution >= 0.6 is 0 Å². The molecule has 3 amide bonds. The van der Waals surface area contributed by atoms with E-state index in [1.165, 1.54) is 0 Å². The van der Waals surface area contributed by atoms with Crippen molar-refractivity contribution in [3.05, 3.63) is 0 Å². The van der Waals surface area contributed by atoms with Crippen LogP contribution in [0.3, 0.4) is 0 Å². The van der Waals surface area contributed by atoms with Gasteiger partial charge < -0.3 is 26.2 Å². The first-order valence-corrected chi connectivity index (χ1v) is 7.63. The molecule has 22 heavy (non-hydrogen) atoms. The molecule has 0 saturated carbocycles. The maximum absolute atomic E-state index is 12.2. The van der Waals surface area contributed by atoms with Crippen molar-refractivity contribution in [3.63, 3.8) is 0 Å². The number of carbonyl (C=O) groups excluding carboxylic acids is 3. The van der Waals surface area contributed by atoms with Gasteiger partial charge in [-0.05, 0) is 25.7 Å². The largest absolute Gasteiger partial charge is 0.436 e. The van der Waals surface area contributed by atoms with Crippen LogP contribution in [0.15, 0.2) is 0 Å². The molecule has 3 unspecified atom stereocenters. The van der Waals surface area contributed by atoms with Gasteiger partial charge in [-0.25, -0.2) is 4.79 Å². The van der Waals surface area contributed by atoms with Crippen molar-refractivity contribution in [2.24, 2.45) is 11.7 Å². The zero-order chi connectivity index (χ0) is 16.5. The molecular weight excluding hydrogens is 290 g/mol. The van der Waals surface area contributed by atoms with Crippen molar-refractivity contribution in [3.8, 4) is 0 Å². The topological polar surface area (TPSA) is 131 Å². The fraction of sp³-hybridized carbons (Fsp3) is 0.786. The summed E-state index contributed by atoms with van der Waals surface area (Å²) in [6.07, 6.45) is 0.981. The summed E-state index contributed by atoms with van der Waals surface area (Å²) in [5.41, 5.74) is 4.97. The number of nitrogens with two attached hydrogens (primary N) is 1. The Hall–Kier alpha value is -1.83. The van der Waals surface area contributed by atoms with Crippen LogP contribution in [0.1, 0.15) is 39.0 Å². The molecule has 1 fully saturated rings. The summed E-state index contributed by atoms with van der Waals surface area (Å²) in [5.74, 6) is -0.781. The van der Waals surface area contributed by atoms with Gasteiger partial charge in [-0.3, -0.25) is 9.59 Å². The number of carbonyl (C=O) groups is 3. The first-order valence-electron chi connectivity index (χ1n) is 7.63. The molecule has 1 rings (SSSR count). The standard InChI is InChI=1S/C14H25N3O5/c1-2-3-4-11(22-14(15)21)13(20)17-10(8-18)7-9-5-6-16-12(9)19/h9-11,18H,2-8H2,1H3,(H2,15,21)(H,16,19)(H,17,20). The van der Waals surface area contributed by atoms with E-state index in [9.17, 15) is 19.5 Å². The third-order valence-electron chi connectivity index (χ3n) is 3.67. The van der Waals surface area contributed by atoms with Crippen LogP contribution < -0.4 is 16.4 Å². The SMILES string of the molecule is CCCCC(OC(N)=O)C(=O)NC(CO)CC1CCNC1=O. The highest BCUT2D eigenvalue weighted by Crippen LogP contribution is 2.16. The smallest absolute Gasteiger partial charge is 0.405 e. The highest BCUT2D eigenvalue weighted by atomic mass is 16.6. The lowest BCUT2D eigenvalue weighted by Crippen LogP contribution is -2.46. The Morgan fingerprint density at radius 3 is 2.77 bits per heavy atom. The van der Waals surface area contributed by atoms with Crippen LogP contribution in [0.25, 0.3) is 0 Å². The van der Waals surface area contributed by atoms with Gasteiger partial charge in [-0.1, -0.05) is 13.3 Å². The van der Waals surface area contributed by atoms with Gasteiger partial charge in [0.25, 0.3) is 5.91 Å². The summed E-state index contributed by atoms with van der Waals surface area (Å²) in [6.45, 7) is 2.28. The van der Waals surface area contributed by atoms with Gasteiger partial charge in [-0.15, -0.1) is 0 Å². The number of aliphatic hydroxyl groups is 1. The van der Waals surface area contributed by atoms with Crippen LogP contribution in [0.2, 0.25) is 0 Å². The third-order valence-corrected chi connectivity index (χ3v) is 3.67. The highest BCUT2D eigenvalue weighted by molar-refractivity contribution is 5.84. The van der Waals surface area contributed by atoms with E-state index in [4.69, 9.17) is 10.5 Å². The van der Waals surface area contributed by atoms with Crippen LogP contribution in [0.4, 0.5) is 4.79 Å². The molecule has 0 aromatic heterocycles. The van der Waals surface area contributed by atoms with Gasteiger partial charge in [0.05, 0.1) is 12.6 Å². The Balaban J connectivity index is 2.55. The molecular formula is C14H25N3O5. The molecule has 0 radical (unpaired) electrons. The quantitative estimate of drug-likeness (QED) is 0.461. The molecule has 1 heterocycles. The fourth-order valence-electron chi connectivity index (χ4n) is 2.46. The molecule has 0 aromatic carbocycles. The number of primary amides is 1. The van der Waals surface area contributed by atoms with E-state index in [1.807, 2.05) is 6.92 Å². The van der Waals surface area contributed by atoms with Crippen molar-refractivity contribution in [1.82, 2.24) is 10.6 Å². The van der Waals surface area contributed by atoms with E-state index in [-0.39, 0.29) is 18.4 Å². The summed E-state index contributed by atoms with van der Waals surface area (Å²) in [4.78, 5) is 34.6. The summed E-state index contributed by atoms with van der Waals surface area (Å²) in [6, 6.07) is -0.554. The van der Waals surface area contributed by atoms with Crippen LogP contribution in [0, 0.1) is 5.92 Å². The van der Waals surface area contributed by atoms with E-state index in [0.29, 0.717) is 32.2 Å². The summed E-state index contributed by atoms with van der Waals surface area (Å²) < 4.78 is 4.82. The molecule has 0 aliphatic carbocycles. The van der Waals surface area contributed by atoms with Gasteiger partial charge in [-0.2, -0.15) is 0 Å². The Kier molecular flexibility index (Phi) is 7.65. The second-order valence-corrected chi connectivity index (χ2v) is 5.47. The fourth-order valence-corrected chi connectivity index (χ4v) is 2.46. The first kappa shape index (κ1) is 18.2. The molecule has 0 bridgehead atoms. The van der Waals surface area contributed by atoms with E-state index in [2.05, 4.69) is 10.6 Å². The Bertz CT molecular complexity index is 402. The molecule has 1 aliphatic rings. The Labute approximate surface area is 129 Å². The van der Waals surface area contributed by atoms with Gasteiger partial charge in [0, 0.05) is 12.5 Å². The van der Waals surface area contributed by atoms with Crippen molar-refractivity contribution in [1.29, 1.82) is 0 Å². The second kappa shape index (κ2) is 9.24. The van der Waals surface area contributed by atoms with Gasteiger partial charge in [0.1, 0.15) is 0 Å². The number of nitrogens with one attached hydrogen (secondary N) is 2. The van der Waals surface area contributed by atoms with E-state index >= 15 is 0 Å². The van der Waals surface area contributed by atoms with E-state index in [1.54, 1.807) is 0 Å². The van der Waals surface area contributed by atoms with Crippen LogP contribution in [0.5, 0.6) is 0 Å². The lowest BCUT2D eigenvalue weighted by molar-refractivity contribution is -0.131. The number of aliphatic hydroxyl groups excluding tert-OH is 1. The molecule has 8 nitrogen and oxygen atoms in total. The Morgan fingerprint density at radius 2 is 2.27 bits per heavy atom. The first-order chi connectivity index (χ1) is 10.5. The normalized spacial score (nSPS) is 20.1. The number of hydrogen-bond acceptors (Lipinski definition) is 5. The Morgan fingerprint density at radius 1 is 1.55 bits per heavy atom. The number of rotatable bonds is 9. The van der Waals surface area contributed by atoms with Crippen molar-refractivity contribution >= 4 is 17.9 Å². The third kappa shape index (κ3) is 5.88. The zero-order valence-electron chi connectivity index (χ0n) is 12.8. The maximum atomic E-state index is 12.2. The summed E-state index contributed by atoms with van der Waals surface area (Å²) in [5, 5.41) is 14.7. The lowest BCUT2D eigenvalue weighted by atomic mass is 9.98. The predicted octanol–water partition coefficient (Wildman–Crippen LogP) is -0.356. The number of ether oxygens (including phenoxy) is 1. The number of hydrogen-bond donors (Lipinski definition) is 4. The average Bonchev–Trinajstić information content (AvgIpc) is 2.87. The highest BCUT2D eigenvalue weighted by Gasteiger charge is 2.29. The molecule has 1 aliphatic heterocycles. The molecule has 0 spiro atoms. The maximum Gasteiger partial charge on any atom is 0.405 e.